The number of hydrogen-bond donors (Lipinski definition) is 0. The number of carbonyl (C=O) groups is 1. The summed E-state index contributed by atoms with van der Waals surface area (Å²) in [7, 11) is 0. The van der Waals surface area contributed by atoms with E-state index in [0.29, 0.717) is 19.4 Å². The van der Waals surface area contributed by atoms with Gasteiger partial charge in [-0.3, -0.25) is 0 Å². The van der Waals surface area contributed by atoms with Crippen LogP contribution in [0.15, 0.2) is 0 Å². The van der Waals surface area contributed by atoms with E-state index in [0.717, 1.165) is 11.4 Å². The maximum atomic E-state index is 12.6. The van der Waals surface area contributed by atoms with Gasteiger partial charge in [-0.15, -0.1) is 9.60 Å². The molecule has 2 atom stereocenters. The van der Waals surface area contributed by atoms with Gasteiger partial charge in [0.15, 0.2) is 0 Å². The number of halogens is 1. The minimum absolute atomic E-state index is 0.0797. The average molecular weight is 145 g/mol. The first-order chi connectivity index (χ1) is 4.74. The SMILES string of the molecule is CC1CC(C=O)CCN1F. The summed E-state index contributed by atoms with van der Waals surface area (Å²) in [5.41, 5.74) is 0. The Morgan fingerprint density at radius 1 is 1.70 bits per heavy atom. The van der Waals surface area contributed by atoms with E-state index in [1.54, 1.807) is 6.92 Å². The largest absolute Gasteiger partial charge is 0.303 e. The molecule has 3 heteroatoms. The molecule has 10 heavy (non-hydrogen) atoms. The Labute approximate surface area is 59.9 Å². The maximum Gasteiger partial charge on any atom is 0.123 e. The van der Waals surface area contributed by atoms with Gasteiger partial charge in [-0.2, -0.15) is 0 Å². The fraction of sp³-hybridized carbons (Fsp3) is 0.857. The number of rotatable bonds is 1. The standard InChI is InChI=1S/C7H12FNO/c1-6-4-7(5-10)2-3-9(6)8/h5-7H,2-4H2,1H3. The van der Waals surface area contributed by atoms with Crippen molar-refractivity contribution in [3.8, 4) is 0 Å². The van der Waals surface area contributed by atoms with Crippen molar-refractivity contribution in [1.29, 1.82) is 0 Å². The molecule has 0 bridgehead atoms. The number of carbonyl (C=O) groups excluding carboxylic acids is 1. The maximum absolute atomic E-state index is 12.6. The Balaban J connectivity index is 2.40. The molecular weight excluding hydrogens is 133 g/mol. The van der Waals surface area contributed by atoms with Crippen molar-refractivity contribution in [2.75, 3.05) is 6.54 Å². The van der Waals surface area contributed by atoms with E-state index in [9.17, 15) is 9.28 Å². The summed E-state index contributed by atoms with van der Waals surface area (Å²) in [6.07, 6.45) is 2.27. The van der Waals surface area contributed by atoms with Crippen molar-refractivity contribution in [3.63, 3.8) is 0 Å². The van der Waals surface area contributed by atoms with Crippen LogP contribution in [0, 0.1) is 5.92 Å². The fourth-order valence-corrected chi connectivity index (χ4v) is 1.30. The third-order valence-corrected chi connectivity index (χ3v) is 2.03. The summed E-state index contributed by atoms with van der Waals surface area (Å²) in [4.78, 5) is 10.3. The molecule has 1 saturated heterocycles. The molecule has 1 fully saturated rings. The minimum Gasteiger partial charge on any atom is -0.303 e. The Bertz CT molecular complexity index is 129. The zero-order valence-corrected chi connectivity index (χ0v) is 6.09. The molecule has 1 rings (SSSR count). The van der Waals surface area contributed by atoms with Gasteiger partial charge < -0.3 is 4.79 Å². The molecule has 2 nitrogen and oxygen atoms in total. The van der Waals surface area contributed by atoms with Crippen LogP contribution in [0.3, 0.4) is 0 Å². The van der Waals surface area contributed by atoms with Crippen LogP contribution >= 0.6 is 0 Å². The van der Waals surface area contributed by atoms with Crippen LogP contribution in [0.25, 0.3) is 0 Å². The summed E-state index contributed by atoms with van der Waals surface area (Å²) >= 11 is 0. The molecule has 0 aromatic carbocycles. The van der Waals surface area contributed by atoms with Crippen LogP contribution in [0.5, 0.6) is 0 Å². The molecule has 0 spiro atoms. The zero-order chi connectivity index (χ0) is 7.56. The van der Waals surface area contributed by atoms with Crippen LogP contribution in [-0.4, -0.2) is 24.0 Å². The van der Waals surface area contributed by atoms with Gasteiger partial charge >= 0.3 is 0 Å². The summed E-state index contributed by atoms with van der Waals surface area (Å²) in [6.45, 7) is 2.21. The van der Waals surface area contributed by atoms with Crippen LogP contribution in [0.2, 0.25) is 0 Å². The van der Waals surface area contributed by atoms with Crippen molar-refractivity contribution < 1.29 is 9.28 Å². The van der Waals surface area contributed by atoms with Gasteiger partial charge in [0, 0.05) is 18.5 Å². The minimum atomic E-state index is -0.0797. The number of piperidine rings is 1. The monoisotopic (exact) mass is 145 g/mol. The van der Waals surface area contributed by atoms with Crippen molar-refractivity contribution in [1.82, 2.24) is 5.12 Å². The highest BCUT2D eigenvalue weighted by atomic mass is 19.2. The van der Waals surface area contributed by atoms with Crippen LogP contribution in [0.1, 0.15) is 19.8 Å². The lowest BCUT2D eigenvalue weighted by atomic mass is 9.95. The first kappa shape index (κ1) is 7.66. The third kappa shape index (κ3) is 1.53. The summed E-state index contributed by atoms with van der Waals surface area (Å²) < 4.78 is 12.6. The molecule has 0 aromatic rings. The van der Waals surface area contributed by atoms with E-state index in [4.69, 9.17) is 0 Å². The third-order valence-electron chi connectivity index (χ3n) is 2.03. The number of hydrogen-bond acceptors (Lipinski definition) is 2. The lowest BCUT2D eigenvalue weighted by Crippen LogP contribution is -2.35. The van der Waals surface area contributed by atoms with Gasteiger partial charge in [0.05, 0.1) is 0 Å². The molecule has 1 aliphatic heterocycles. The van der Waals surface area contributed by atoms with Crippen LogP contribution in [-0.2, 0) is 4.79 Å². The van der Waals surface area contributed by atoms with Crippen molar-refractivity contribution >= 4 is 6.29 Å². The number of aldehydes is 1. The van der Waals surface area contributed by atoms with Crippen molar-refractivity contribution in [2.24, 2.45) is 5.92 Å². The first-order valence-electron chi connectivity index (χ1n) is 3.61. The summed E-state index contributed by atoms with van der Waals surface area (Å²) in [5.74, 6) is 0.0852. The van der Waals surface area contributed by atoms with Gasteiger partial charge in [0.25, 0.3) is 0 Å². The second-order valence-electron chi connectivity index (χ2n) is 2.89. The highest BCUT2D eigenvalue weighted by Gasteiger charge is 2.24. The number of nitrogens with zero attached hydrogens (tertiary/aromatic N) is 1. The molecule has 1 heterocycles. The molecule has 0 aliphatic carbocycles. The fourth-order valence-electron chi connectivity index (χ4n) is 1.30. The Morgan fingerprint density at radius 3 is 2.90 bits per heavy atom. The van der Waals surface area contributed by atoms with Gasteiger partial charge in [-0.05, 0) is 19.8 Å². The zero-order valence-electron chi connectivity index (χ0n) is 6.09. The van der Waals surface area contributed by atoms with Crippen LogP contribution in [0.4, 0.5) is 4.48 Å². The molecule has 0 saturated carbocycles. The predicted octanol–water partition coefficient (Wildman–Crippen LogP) is 1.17. The highest BCUT2D eigenvalue weighted by Crippen LogP contribution is 2.20. The summed E-state index contributed by atoms with van der Waals surface area (Å²) in [5, 5.41) is 0.806. The predicted molar refractivity (Wildman–Crippen MR) is 36.1 cm³/mol. The smallest absolute Gasteiger partial charge is 0.123 e. The molecule has 1 aliphatic rings. The molecular formula is C7H12FNO. The van der Waals surface area contributed by atoms with Gasteiger partial charge in [0.2, 0.25) is 0 Å². The quantitative estimate of drug-likeness (QED) is 0.408. The second kappa shape index (κ2) is 3.10. The molecule has 0 aromatic heterocycles. The van der Waals surface area contributed by atoms with Gasteiger partial charge in [-0.25, -0.2) is 0 Å². The molecule has 0 N–H and O–H groups in total. The topological polar surface area (TPSA) is 20.3 Å². The van der Waals surface area contributed by atoms with E-state index in [1.807, 2.05) is 0 Å². The lowest BCUT2D eigenvalue weighted by molar-refractivity contribution is -0.116. The van der Waals surface area contributed by atoms with E-state index in [1.165, 1.54) is 0 Å². The molecule has 2 unspecified atom stereocenters. The van der Waals surface area contributed by atoms with E-state index in [2.05, 4.69) is 0 Å². The average Bonchev–Trinajstić information content (AvgIpc) is 1.95. The van der Waals surface area contributed by atoms with Crippen molar-refractivity contribution in [2.45, 2.75) is 25.8 Å². The lowest BCUT2D eigenvalue weighted by Gasteiger charge is -2.28. The van der Waals surface area contributed by atoms with Gasteiger partial charge in [0.1, 0.15) is 6.29 Å². The molecule has 0 radical (unpaired) electrons. The van der Waals surface area contributed by atoms with E-state index >= 15 is 0 Å². The van der Waals surface area contributed by atoms with Crippen LogP contribution < -0.4 is 0 Å². The molecule has 58 valence electrons. The van der Waals surface area contributed by atoms with E-state index < -0.39 is 0 Å². The van der Waals surface area contributed by atoms with Crippen molar-refractivity contribution in [3.05, 3.63) is 0 Å². The first-order valence-corrected chi connectivity index (χ1v) is 3.61. The Kier molecular flexibility index (Phi) is 2.38. The Hall–Kier alpha value is -0.440. The summed E-state index contributed by atoms with van der Waals surface area (Å²) in [6, 6.07) is -0.0797. The Morgan fingerprint density at radius 2 is 2.40 bits per heavy atom. The van der Waals surface area contributed by atoms with Gasteiger partial charge in [-0.1, -0.05) is 0 Å². The molecule has 0 amide bonds. The van der Waals surface area contributed by atoms with E-state index in [-0.39, 0.29) is 12.0 Å². The normalized spacial score (nSPS) is 35.8. The highest BCUT2D eigenvalue weighted by molar-refractivity contribution is 5.53. The second-order valence-corrected chi connectivity index (χ2v) is 2.89.